The summed E-state index contributed by atoms with van der Waals surface area (Å²) >= 11 is 0. The van der Waals surface area contributed by atoms with Crippen LogP contribution >= 0.6 is 0 Å². The van der Waals surface area contributed by atoms with E-state index in [9.17, 15) is 10.1 Å². The average Bonchev–Trinajstić information content (AvgIpc) is 2.37. The van der Waals surface area contributed by atoms with E-state index < -0.39 is 0 Å². The molecule has 0 aromatic carbocycles. The van der Waals surface area contributed by atoms with E-state index in [1.54, 1.807) is 19.2 Å². The van der Waals surface area contributed by atoms with E-state index in [1.807, 2.05) is 0 Å². The lowest BCUT2D eigenvalue weighted by Crippen LogP contribution is -2.35. The van der Waals surface area contributed by atoms with Gasteiger partial charge in [-0.1, -0.05) is 20.8 Å². The molecule has 0 bridgehead atoms. The Morgan fingerprint density at radius 2 is 2.05 bits per heavy atom. The van der Waals surface area contributed by atoms with Crippen LogP contribution in [0.5, 0.6) is 0 Å². The fourth-order valence-electron chi connectivity index (χ4n) is 2.58. The lowest BCUT2D eigenvalue weighted by atomic mass is 9.85. The van der Waals surface area contributed by atoms with Crippen LogP contribution in [-0.4, -0.2) is 22.5 Å². The van der Waals surface area contributed by atoms with Crippen molar-refractivity contribution < 1.29 is 4.92 Å². The topological polar surface area (TPSA) is 68.1 Å². The van der Waals surface area contributed by atoms with Gasteiger partial charge in [0, 0.05) is 29.8 Å². The van der Waals surface area contributed by atoms with Crippen molar-refractivity contribution in [2.75, 3.05) is 6.54 Å². The summed E-state index contributed by atoms with van der Waals surface area (Å²) in [6.07, 6.45) is 2.67. The zero-order chi connectivity index (χ0) is 15.3. The maximum absolute atomic E-state index is 11.1. The molecular formula is C15H25N3O2. The summed E-state index contributed by atoms with van der Waals surface area (Å²) in [4.78, 5) is 15.2. The van der Waals surface area contributed by atoms with Crippen molar-refractivity contribution in [3.05, 3.63) is 33.6 Å². The van der Waals surface area contributed by atoms with Gasteiger partial charge in [0.05, 0.1) is 10.6 Å². The molecule has 0 saturated carbocycles. The average molecular weight is 279 g/mol. The van der Waals surface area contributed by atoms with Crippen molar-refractivity contribution in [3.8, 4) is 0 Å². The normalized spacial score (nSPS) is 14.3. The molecule has 2 unspecified atom stereocenters. The van der Waals surface area contributed by atoms with E-state index in [-0.39, 0.29) is 22.6 Å². The highest BCUT2D eigenvalue weighted by atomic mass is 16.6. The molecule has 1 aromatic heterocycles. The Bertz CT molecular complexity index is 460. The number of nitro groups is 1. The molecule has 5 heteroatoms. The third-order valence-corrected chi connectivity index (χ3v) is 3.61. The van der Waals surface area contributed by atoms with Gasteiger partial charge in [0.2, 0.25) is 0 Å². The fraction of sp³-hybridized carbons (Fsp3) is 0.667. The number of hydrogen-bond acceptors (Lipinski definition) is 4. The predicted molar refractivity (Wildman–Crippen MR) is 81.0 cm³/mol. The molecule has 1 aromatic rings. The van der Waals surface area contributed by atoms with Crippen molar-refractivity contribution in [2.45, 2.75) is 53.0 Å². The molecule has 0 aliphatic carbocycles. The zero-order valence-electron chi connectivity index (χ0n) is 13.0. The van der Waals surface area contributed by atoms with Crippen LogP contribution in [0.2, 0.25) is 0 Å². The first-order valence-electron chi connectivity index (χ1n) is 7.22. The Hall–Kier alpha value is -1.49. The molecule has 5 nitrogen and oxygen atoms in total. The van der Waals surface area contributed by atoms with Gasteiger partial charge in [-0.15, -0.1) is 0 Å². The second-order valence-electron chi connectivity index (χ2n) is 5.67. The van der Waals surface area contributed by atoms with E-state index in [0.717, 1.165) is 18.7 Å². The number of hydrogen-bond donors (Lipinski definition) is 1. The number of pyridine rings is 1. The standard InChI is InChI=1S/C15H25N3O2/c1-6-7-16-12(5)15(10(2)3)13-8-14(18(19)20)11(4)9-17-13/h8-10,12,15-16H,6-7H2,1-5H3. The van der Waals surface area contributed by atoms with Crippen molar-refractivity contribution in [1.29, 1.82) is 0 Å². The molecule has 20 heavy (non-hydrogen) atoms. The SMILES string of the molecule is CCCNC(C)C(c1cc([N+](=O)[O-])c(C)cn1)C(C)C. The highest BCUT2D eigenvalue weighted by molar-refractivity contribution is 5.39. The highest BCUT2D eigenvalue weighted by Crippen LogP contribution is 2.29. The van der Waals surface area contributed by atoms with Crippen LogP contribution < -0.4 is 5.32 Å². The van der Waals surface area contributed by atoms with Crippen LogP contribution in [0.25, 0.3) is 0 Å². The van der Waals surface area contributed by atoms with Crippen LogP contribution in [0.3, 0.4) is 0 Å². The van der Waals surface area contributed by atoms with Crippen LogP contribution in [0, 0.1) is 23.0 Å². The van der Waals surface area contributed by atoms with Crippen LogP contribution in [-0.2, 0) is 0 Å². The van der Waals surface area contributed by atoms with Crippen molar-refractivity contribution in [1.82, 2.24) is 10.3 Å². The molecular weight excluding hydrogens is 254 g/mol. The van der Waals surface area contributed by atoms with Gasteiger partial charge in [-0.2, -0.15) is 0 Å². The summed E-state index contributed by atoms with van der Waals surface area (Å²) in [5.74, 6) is 0.532. The molecule has 1 heterocycles. The molecule has 0 saturated heterocycles. The van der Waals surface area contributed by atoms with Crippen LogP contribution in [0.1, 0.15) is 51.3 Å². The molecule has 0 aliphatic rings. The summed E-state index contributed by atoms with van der Waals surface area (Å²) in [6.45, 7) is 11.2. The lowest BCUT2D eigenvalue weighted by molar-refractivity contribution is -0.385. The summed E-state index contributed by atoms with van der Waals surface area (Å²) in [7, 11) is 0. The molecule has 0 fully saturated rings. The molecule has 0 radical (unpaired) electrons. The number of nitrogens with zero attached hydrogens (tertiary/aromatic N) is 2. The second-order valence-corrected chi connectivity index (χ2v) is 5.67. The fourth-order valence-corrected chi connectivity index (χ4v) is 2.58. The van der Waals surface area contributed by atoms with Crippen LogP contribution in [0.4, 0.5) is 5.69 Å². The molecule has 1 N–H and O–H groups in total. The zero-order valence-corrected chi connectivity index (χ0v) is 13.0. The van der Waals surface area contributed by atoms with E-state index >= 15 is 0 Å². The maximum Gasteiger partial charge on any atom is 0.275 e. The molecule has 0 amide bonds. The first-order chi connectivity index (χ1) is 9.38. The van der Waals surface area contributed by atoms with Crippen molar-refractivity contribution in [3.63, 3.8) is 0 Å². The third-order valence-electron chi connectivity index (χ3n) is 3.61. The van der Waals surface area contributed by atoms with Gasteiger partial charge in [0.15, 0.2) is 0 Å². The molecule has 0 aliphatic heterocycles. The van der Waals surface area contributed by atoms with Crippen molar-refractivity contribution in [2.24, 2.45) is 5.92 Å². The summed E-state index contributed by atoms with van der Waals surface area (Å²) in [5.41, 5.74) is 1.56. The monoisotopic (exact) mass is 279 g/mol. The van der Waals surface area contributed by atoms with Crippen molar-refractivity contribution >= 4 is 5.69 Å². The van der Waals surface area contributed by atoms with Gasteiger partial charge in [0.1, 0.15) is 0 Å². The van der Waals surface area contributed by atoms with E-state index in [4.69, 9.17) is 0 Å². The minimum absolute atomic E-state index is 0.156. The summed E-state index contributed by atoms with van der Waals surface area (Å²) < 4.78 is 0. The third kappa shape index (κ3) is 4.00. The number of rotatable bonds is 7. The summed E-state index contributed by atoms with van der Waals surface area (Å²) in [6, 6.07) is 1.87. The Morgan fingerprint density at radius 1 is 1.40 bits per heavy atom. The number of nitrogens with one attached hydrogen (secondary N) is 1. The lowest BCUT2D eigenvalue weighted by Gasteiger charge is -2.28. The van der Waals surface area contributed by atoms with Gasteiger partial charge in [-0.25, -0.2) is 0 Å². The minimum Gasteiger partial charge on any atom is -0.314 e. The quantitative estimate of drug-likeness (QED) is 0.613. The molecule has 112 valence electrons. The van der Waals surface area contributed by atoms with Gasteiger partial charge < -0.3 is 5.32 Å². The molecule has 1 rings (SSSR count). The summed E-state index contributed by atoms with van der Waals surface area (Å²) in [5, 5.41) is 14.5. The predicted octanol–water partition coefficient (Wildman–Crippen LogP) is 3.43. The molecule has 0 spiro atoms. The highest BCUT2D eigenvalue weighted by Gasteiger charge is 2.26. The number of aromatic nitrogens is 1. The molecule has 2 atom stereocenters. The Balaban J connectivity index is 3.09. The number of aryl methyl sites for hydroxylation is 1. The van der Waals surface area contributed by atoms with Gasteiger partial charge in [0.25, 0.3) is 5.69 Å². The van der Waals surface area contributed by atoms with Gasteiger partial charge in [-0.3, -0.25) is 15.1 Å². The Kier molecular flexibility index (Phi) is 6.07. The smallest absolute Gasteiger partial charge is 0.275 e. The van der Waals surface area contributed by atoms with Gasteiger partial charge >= 0.3 is 0 Å². The van der Waals surface area contributed by atoms with E-state index in [0.29, 0.717) is 11.5 Å². The van der Waals surface area contributed by atoms with Gasteiger partial charge in [-0.05, 0) is 32.7 Å². The first kappa shape index (κ1) is 16.6. The Morgan fingerprint density at radius 3 is 2.55 bits per heavy atom. The maximum atomic E-state index is 11.1. The largest absolute Gasteiger partial charge is 0.314 e. The second kappa shape index (κ2) is 7.33. The first-order valence-corrected chi connectivity index (χ1v) is 7.22. The van der Waals surface area contributed by atoms with Crippen LogP contribution in [0.15, 0.2) is 12.3 Å². The van der Waals surface area contributed by atoms with E-state index in [1.165, 1.54) is 0 Å². The minimum atomic E-state index is -0.331. The van der Waals surface area contributed by atoms with E-state index in [2.05, 4.69) is 38.0 Å². The Labute approximate surface area is 121 Å².